The maximum Gasteiger partial charge on any atom is 0.230 e. The lowest BCUT2D eigenvalue weighted by Gasteiger charge is -2.09. The molecule has 1 saturated heterocycles. The molecule has 1 aliphatic rings. The van der Waals surface area contributed by atoms with E-state index in [0.29, 0.717) is 17.9 Å². The van der Waals surface area contributed by atoms with E-state index in [4.69, 9.17) is 9.63 Å². The molecule has 1 fully saturated rings. The fourth-order valence-corrected chi connectivity index (χ4v) is 2.91. The molecule has 1 heterocycles. The van der Waals surface area contributed by atoms with Crippen molar-refractivity contribution in [3.63, 3.8) is 0 Å². The van der Waals surface area contributed by atoms with E-state index in [1.54, 1.807) is 0 Å². The van der Waals surface area contributed by atoms with Gasteiger partial charge in [-0.2, -0.15) is 0 Å². The Bertz CT molecular complexity index is 199. The lowest BCUT2D eigenvalue weighted by molar-refractivity contribution is 0.221. The van der Waals surface area contributed by atoms with E-state index in [0.717, 1.165) is 0 Å². The van der Waals surface area contributed by atoms with Crippen LogP contribution < -0.4 is 0 Å². The molecule has 1 N–H and O–H groups in total. The first-order chi connectivity index (χ1) is 4.60. The molecule has 4 heteroatoms. The molecular weight excluding hydrogens is 151 g/mol. The Morgan fingerprint density at radius 2 is 2.50 bits per heavy atom. The molecular formula is C6H11O3P. The summed E-state index contributed by atoms with van der Waals surface area (Å²) in [6.07, 6.45) is 0.332. The summed E-state index contributed by atoms with van der Waals surface area (Å²) >= 11 is 0. The summed E-state index contributed by atoms with van der Waals surface area (Å²) in [6.45, 7) is 3.52. The molecule has 2 unspecified atom stereocenters. The lowest BCUT2D eigenvalue weighted by Crippen LogP contribution is -1.99. The van der Waals surface area contributed by atoms with Gasteiger partial charge in [0.1, 0.15) is 0 Å². The first-order valence-corrected chi connectivity index (χ1v) is 4.93. The summed E-state index contributed by atoms with van der Waals surface area (Å²) in [5.41, 5.74) is 0. The van der Waals surface area contributed by atoms with Gasteiger partial charge in [-0.05, 0) is 6.42 Å². The minimum Gasteiger partial charge on any atom is -0.388 e. The van der Waals surface area contributed by atoms with Crippen LogP contribution in [0, 0.1) is 0 Å². The summed E-state index contributed by atoms with van der Waals surface area (Å²) in [4.78, 5) is 0. The van der Waals surface area contributed by atoms with Crippen LogP contribution >= 0.6 is 7.37 Å². The molecule has 0 radical (unpaired) electrons. The molecule has 0 aromatic heterocycles. The zero-order valence-corrected chi connectivity index (χ0v) is 6.80. The van der Waals surface area contributed by atoms with Crippen LogP contribution in [-0.2, 0) is 9.09 Å². The van der Waals surface area contributed by atoms with Crippen molar-refractivity contribution in [3.8, 4) is 0 Å². The van der Waals surface area contributed by atoms with Crippen molar-refractivity contribution in [1.82, 2.24) is 0 Å². The Kier molecular flexibility index (Phi) is 1.99. The van der Waals surface area contributed by atoms with E-state index in [9.17, 15) is 4.57 Å². The summed E-state index contributed by atoms with van der Waals surface area (Å²) in [5.74, 6) is 0. The monoisotopic (exact) mass is 162 g/mol. The second-order valence-corrected chi connectivity index (χ2v) is 5.11. The molecule has 0 saturated carbocycles. The van der Waals surface area contributed by atoms with Crippen molar-refractivity contribution in [2.75, 3.05) is 13.3 Å². The molecule has 10 heavy (non-hydrogen) atoms. The van der Waals surface area contributed by atoms with Crippen molar-refractivity contribution in [3.05, 3.63) is 11.9 Å². The Labute approximate surface area is 60.2 Å². The van der Waals surface area contributed by atoms with E-state index in [1.807, 2.05) is 0 Å². The van der Waals surface area contributed by atoms with E-state index in [1.165, 1.54) is 7.11 Å². The fraction of sp³-hybridized carbons (Fsp3) is 0.667. The van der Waals surface area contributed by atoms with Crippen LogP contribution in [0.2, 0.25) is 0 Å². The van der Waals surface area contributed by atoms with Gasteiger partial charge in [-0.15, -0.1) is 0 Å². The molecule has 3 nitrogen and oxygen atoms in total. The lowest BCUT2D eigenvalue weighted by atomic mass is 10.3. The topological polar surface area (TPSA) is 46.5 Å². The highest BCUT2D eigenvalue weighted by molar-refractivity contribution is 7.63. The van der Waals surface area contributed by atoms with E-state index in [2.05, 4.69) is 6.58 Å². The third-order valence-electron chi connectivity index (χ3n) is 1.81. The van der Waals surface area contributed by atoms with Gasteiger partial charge in [0, 0.05) is 18.6 Å². The summed E-state index contributed by atoms with van der Waals surface area (Å²) in [7, 11) is -1.25. The van der Waals surface area contributed by atoms with Crippen molar-refractivity contribution in [2.24, 2.45) is 0 Å². The van der Waals surface area contributed by atoms with Crippen LogP contribution in [-0.4, -0.2) is 24.5 Å². The molecule has 1 rings (SSSR count). The van der Waals surface area contributed by atoms with Gasteiger partial charge < -0.3 is 9.63 Å². The minimum absolute atomic E-state index is 0.370. The van der Waals surface area contributed by atoms with Crippen LogP contribution in [0.5, 0.6) is 0 Å². The number of aliphatic hydroxyl groups is 1. The smallest absolute Gasteiger partial charge is 0.230 e. The normalized spacial score (nSPS) is 40.6. The van der Waals surface area contributed by atoms with Crippen molar-refractivity contribution in [1.29, 1.82) is 0 Å². The number of hydrogen-bond acceptors (Lipinski definition) is 3. The second kappa shape index (κ2) is 2.50. The first kappa shape index (κ1) is 7.99. The molecule has 0 aromatic rings. The molecule has 0 spiro atoms. The largest absolute Gasteiger partial charge is 0.388 e. The van der Waals surface area contributed by atoms with Gasteiger partial charge in [0.05, 0.1) is 6.10 Å². The zero-order chi connectivity index (χ0) is 7.78. The van der Waals surface area contributed by atoms with Crippen molar-refractivity contribution >= 4 is 7.37 Å². The average molecular weight is 162 g/mol. The van der Waals surface area contributed by atoms with Gasteiger partial charge in [0.15, 0.2) is 0 Å². The zero-order valence-electron chi connectivity index (χ0n) is 5.91. The van der Waals surface area contributed by atoms with Crippen molar-refractivity contribution in [2.45, 2.75) is 12.5 Å². The van der Waals surface area contributed by atoms with Crippen LogP contribution in [0.4, 0.5) is 0 Å². The third kappa shape index (κ3) is 1.05. The Balaban J connectivity index is 2.84. The predicted octanol–water partition coefficient (Wildman–Crippen LogP) is 1.19. The number of hydrogen-bond donors (Lipinski definition) is 1. The highest BCUT2D eigenvalue weighted by atomic mass is 31.2. The molecule has 0 aromatic carbocycles. The van der Waals surface area contributed by atoms with E-state index < -0.39 is 13.5 Å². The molecule has 0 bridgehead atoms. The Morgan fingerprint density at radius 1 is 1.90 bits per heavy atom. The quantitative estimate of drug-likeness (QED) is 0.589. The van der Waals surface area contributed by atoms with Gasteiger partial charge in [0.25, 0.3) is 0 Å². The van der Waals surface area contributed by atoms with Crippen LogP contribution in [0.25, 0.3) is 0 Å². The fourth-order valence-electron chi connectivity index (χ4n) is 1.04. The van der Waals surface area contributed by atoms with Gasteiger partial charge in [-0.3, -0.25) is 4.57 Å². The van der Waals surface area contributed by atoms with Crippen LogP contribution in [0.3, 0.4) is 0 Å². The van der Waals surface area contributed by atoms with E-state index in [-0.39, 0.29) is 0 Å². The van der Waals surface area contributed by atoms with E-state index >= 15 is 0 Å². The summed E-state index contributed by atoms with van der Waals surface area (Å²) in [5, 5.41) is 9.48. The SMILES string of the molecule is C=C1C(O)CCP1(=O)OC. The van der Waals surface area contributed by atoms with Crippen molar-refractivity contribution < 1.29 is 14.2 Å². The van der Waals surface area contributed by atoms with Crippen LogP contribution in [0.1, 0.15) is 6.42 Å². The van der Waals surface area contributed by atoms with Gasteiger partial charge in [-0.25, -0.2) is 0 Å². The molecule has 2 atom stereocenters. The van der Waals surface area contributed by atoms with Gasteiger partial charge in [-0.1, -0.05) is 6.58 Å². The van der Waals surface area contributed by atoms with Gasteiger partial charge in [0.2, 0.25) is 7.37 Å². The average Bonchev–Trinajstić information content (AvgIpc) is 2.19. The third-order valence-corrected chi connectivity index (χ3v) is 4.42. The Morgan fingerprint density at radius 3 is 2.70 bits per heavy atom. The van der Waals surface area contributed by atoms with Gasteiger partial charge >= 0.3 is 0 Å². The summed E-state index contributed by atoms with van der Waals surface area (Å²) in [6, 6.07) is 0. The molecule has 1 aliphatic heterocycles. The standard InChI is InChI=1S/C6H11O3P/c1-5-6(7)3-4-10(5,8)9-2/h6-7H,1,3-4H2,2H3. The highest BCUT2D eigenvalue weighted by Crippen LogP contribution is 2.60. The predicted molar refractivity (Wildman–Crippen MR) is 39.2 cm³/mol. The molecule has 0 amide bonds. The summed E-state index contributed by atoms with van der Waals surface area (Å²) < 4.78 is 16.2. The second-order valence-electron chi connectivity index (χ2n) is 2.38. The number of aliphatic hydroxyl groups excluding tert-OH is 1. The first-order valence-electron chi connectivity index (χ1n) is 3.12. The number of rotatable bonds is 1. The minimum atomic E-state index is -2.64. The van der Waals surface area contributed by atoms with Crippen LogP contribution in [0.15, 0.2) is 11.9 Å². The molecule has 0 aliphatic carbocycles. The maximum absolute atomic E-state index is 11.4. The maximum atomic E-state index is 11.4. The molecule has 58 valence electrons. The highest BCUT2D eigenvalue weighted by Gasteiger charge is 2.37. The Hall–Kier alpha value is -0.110.